The molecule has 1 rings (SSSR count). The normalized spacial score (nSPS) is 14.8. The molecule has 1 amide bonds. The van der Waals surface area contributed by atoms with E-state index < -0.39 is 5.60 Å². The Kier molecular flexibility index (Phi) is 7.74. The number of rotatable bonds is 9. The van der Waals surface area contributed by atoms with Crippen LogP contribution in [0.3, 0.4) is 0 Å². The lowest BCUT2D eigenvalue weighted by molar-refractivity contribution is -0.136. The zero-order valence-electron chi connectivity index (χ0n) is 16.3. The highest BCUT2D eigenvalue weighted by Crippen LogP contribution is 2.29. The molecule has 0 unspecified atom stereocenters. The molecule has 1 N–H and O–H groups in total. The van der Waals surface area contributed by atoms with Crippen LogP contribution in [-0.2, 0) is 9.53 Å². The van der Waals surface area contributed by atoms with Gasteiger partial charge in [0.2, 0.25) is 0 Å². The van der Waals surface area contributed by atoms with Crippen LogP contribution in [0.25, 0.3) is 0 Å². The van der Waals surface area contributed by atoms with E-state index in [1.54, 1.807) is 7.11 Å². The highest BCUT2D eigenvalue weighted by Gasteiger charge is 2.32. The standard InChI is InChI=1S/C20H33NO3/c1-8-10-11-20(6,23-7)19(22)21-17-12-14(3)18(15(4)13-17)24-16(5)9-2/h12-13,16H,8-11H2,1-7H3,(H,21,22)/t16-,20-/m1/s1. The van der Waals surface area contributed by atoms with Crippen molar-refractivity contribution in [3.05, 3.63) is 23.3 Å². The van der Waals surface area contributed by atoms with Gasteiger partial charge in [-0.05, 0) is 63.8 Å². The van der Waals surface area contributed by atoms with Gasteiger partial charge in [-0.25, -0.2) is 0 Å². The Labute approximate surface area is 146 Å². The van der Waals surface area contributed by atoms with Gasteiger partial charge in [-0.15, -0.1) is 0 Å². The Hall–Kier alpha value is -1.55. The predicted molar refractivity (Wildman–Crippen MR) is 99.9 cm³/mol. The molecule has 0 spiro atoms. The number of hydrogen-bond donors (Lipinski definition) is 1. The van der Waals surface area contributed by atoms with Gasteiger partial charge in [-0.3, -0.25) is 4.79 Å². The summed E-state index contributed by atoms with van der Waals surface area (Å²) < 4.78 is 11.5. The molecular weight excluding hydrogens is 302 g/mol. The summed E-state index contributed by atoms with van der Waals surface area (Å²) in [4.78, 5) is 12.6. The molecule has 0 aliphatic rings. The van der Waals surface area contributed by atoms with Gasteiger partial charge < -0.3 is 14.8 Å². The van der Waals surface area contributed by atoms with Gasteiger partial charge in [0.1, 0.15) is 11.4 Å². The molecule has 0 saturated carbocycles. The average Bonchev–Trinajstić information content (AvgIpc) is 2.55. The first-order chi connectivity index (χ1) is 11.3. The molecule has 24 heavy (non-hydrogen) atoms. The van der Waals surface area contributed by atoms with Crippen molar-refractivity contribution in [3.63, 3.8) is 0 Å². The minimum atomic E-state index is -0.802. The van der Waals surface area contributed by atoms with Gasteiger partial charge in [-0.2, -0.15) is 0 Å². The number of anilines is 1. The van der Waals surface area contributed by atoms with Crippen molar-refractivity contribution in [1.82, 2.24) is 0 Å². The number of aryl methyl sites for hydroxylation is 2. The van der Waals surface area contributed by atoms with Gasteiger partial charge in [0.15, 0.2) is 0 Å². The lowest BCUT2D eigenvalue weighted by atomic mass is 9.97. The lowest BCUT2D eigenvalue weighted by Crippen LogP contribution is -2.42. The third-order valence-corrected chi connectivity index (χ3v) is 4.55. The number of unbranched alkanes of at least 4 members (excludes halogenated alkanes) is 1. The van der Waals surface area contributed by atoms with E-state index in [1.807, 2.05) is 32.9 Å². The first-order valence-electron chi connectivity index (χ1n) is 8.91. The molecule has 4 nitrogen and oxygen atoms in total. The summed E-state index contributed by atoms with van der Waals surface area (Å²) in [5.74, 6) is 0.802. The number of nitrogens with one attached hydrogen (secondary N) is 1. The van der Waals surface area contributed by atoms with E-state index in [0.717, 1.165) is 41.8 Å². The summed E-state index contributed by atoms with van der Waals surface area (Å²) in [6, 6.07) is 3.91. The van der Waals surface area contributed by atoms with E-state index >= 15 is 0 Å². The van der Waals surface area contributed by atoms with Crippen LogP contribution in [-0.4, -0.2) is 24.7 Å². The highest BCUT2D eigenvalue weighted by atomic mass is 16.5. The number of amides is 1. The maximum absolute atomic E-state index is 12.6. The topological polar surface area (TPSA) is 47.6 Å². The van der Waals surface area contributed by atoms with Gasteiger partial charge in [-0.1, -0.05) is 26.7 Å². The first kappa shape index (κ1) is 20.5. The highest BCUT2D eigenvalue weighted by molar-refractivity contribution is 5.97. The molecule has 0 bridgehead atoms. The molecule has 0 aliphatic carbocycles. The fraction of sp³-hybridized carbons (Fsp3) is 0.650. The van der Waals surface area contributed by atoms with Crippen molar-refractivity contribution in [2.75, 3.05) is 12.4 Å². The van der Waals surface area contributed by atoms with Crippen molar-refractivity contribution < 1.29 is 14.3 Å². The van der Waals surface area contributed by atoms with Crippen LogP contribution in [0.4, 0.5) is 5.69 Å². The molecular formula is C20H33NO3. The Morgan fingerprint density at radius 2 is 1.83 bits per heavy atom. The number of carbonyl (C=O) groups excluding carboxylic acids is 1. The second-order valence-corrected chi connectivity index (χ2v) is 6.77. The minimum absolute atomic E-state index is 0.104. The SMILES string of the molecule is CCCC[C@@](C)(OC)C(=O)Nc1cc(C)c(O[C@H](C)CC)c(C)c1. The van der Waals surface area contributed by atoms with Crippen LogP contribution in [0.1, 0.15) is 64.5 Å². The summed E-state index contributed by atoms with van der Waals surface area (Å²) >= 11 is 0. The molecule has 0 aromatic heterocycles. The van der Waals surface area contributed by atoms with E-state index in [4.69, 9.17) is 9.47 Å². The summed E-state index contributed by atoms with van der Waals surface area (Å²) in [5, 5.41) is 3.00. The summed E-state index contributed by atoms with van der Waals surface area (Å²) in [5.41, 5.74) is 2.03. The fourth-order valence-corrected chi connectivity index (χ4v) is 2.58. The number of hydrogen-bond acceptors (Lipinski definition) is 3. The lowest BCUT2D eigenvalue weighted by Gasteiger charge is -2.27. The predicted octanol–water partition coefficient (Wildman–Crippen LogP) is 5.01. The Balaban J connectivity index is 2.94. The number of ether oxygens (including phenoxy) is 2. The zero-order chi connectivity index (χ0) is 18.3. The second kappa shape index (κ2) is 9.07. The van der Waals surface area contributed by atoms with Gasteiger partial charge in [0, 0.05) is 12.8 Å². The Bertz CT molecular complexity index is 533. The van der Waals surface area contributed by atoms with E-state index in [2.05, 4.69) is 26.1 Å². The summed E-state index contributed by atoms with van der Waals surface area (Å²) in [6.45, 7) is 12.1. The molecule has 1 aromatic carbocycles. The van der Waals surface area contributed by atoms with Crippen LogP contribution >= 0.6 is 0 Å². The maximum Gasteiger partial charge on any atom is 0.256 e. The number of methoxy groups -OCH3 is 1. The van der Waals surface area contributed by atoms with Crippen molar-refractivity contribution in [1.29, 1.82) is 0 Å². The third kappa shape index (κ3) is 5.23. The maximum atomic E-state index is 12.6. The molecule has 0 radical (unpaired) electrons. The molecule has 0 fully saturated rings. The van der Waals surface area contributed by atoms with Crippen LogP contribution in [0.2, 0.25) is 0 Å². The monoisotopic (exact) mass is 335 g/mol. The third-order valence-electron chi connectivity index (χ3n) is 4.55. The average molecular weight is 335 g/mol. The van der Waals surface area contributed by atoms with Crippen molar-refractivity contribution in [2.45, 2.75) is 78.9 Å². The molecule has 2 atom stereocenters. The molecule has 1 aromatic rings. The van der Waals surface area contributed by atoms with Gasteiger partial charge >= 0.3 is 0 Å². The van der Waals surface area contributed by atoms with Crippen LogP contribution in [0, 0.1) is 13.8 Å². The zero-order valence-corrected chi connectivity index (χ0v) is 16.3. The van der Waals surface area contributed by atoms with Crippen molar-refractivity contribution in [2.24, 2.45) is 0 Å². The Morgan fingerprint density at radius 1 is 1.25 bits per heavy atom. The number of carbonyl (C=O) groups is 1. The molecule has 0 saturated heterocycles. The quantitative estimate of drug-likeness (QED) is 0.689. The van der Waals surface area contributed by atoms with E-state index in [9.17, 15) is 4.79 Å². The van der Waals surface area contributed by atoms with Crippen LogP contribution in [0.15, 0.2) is 12.1 Å². The molecule has 0 heterocycles. The number of benzene rings is 1. The summed E-state index contributed by atoms with van der Waals surface area (Å²) in [6.07, 6.45) is 3.83. The van der Waals surface area contributed by atoms with Crippen molar-refractivity contribution in [3.8, 4) is 5.75 Å². The largest absolute Gasteiger partial charge is 0.490 e. The smallest absolute Gasteiger partial charge is 0.256 e. The van der Waals surface area contributed by atoms with Crippen LogP contribution < -0.4 is 10.1 Å². The fourth-order valence-electron chi connectivity index (χ4n) is 2.58. The Morgan fingerprint density at radius 3 is 2.29 bits per heavy atom. The molecule has 4 heteroatoms. The van der Waals surface area contributed by atoms with E-state index in [-0.39, 0.29) is 12.0 Å². The first-order valence-corrected chi connectivity index (χ1v) is 8.91. The minimum Gasteiger partial charge on any atom is -0.490 e. The molecule has 136 valence electrons. The molecule has 0 aliphatic heterocycles. The van der Waals surface area contributed by atoms with E-state index in [1.165, 1.54) is 0 Å². The van der Waals surface area contributed by atoms with Crippen LogP contribution in [0.5, 0.6) is 5.75 Å². The van der Waals surface area contributed by atoms with Gasteiger partial charge in [0.05, 0.1) is 6.10 Å². The van der Waals surface area contributed by atoms with E-state index in [0.29, 0.717) is 6.42 Å². The summed E-state index contributed by atoms with van der Waals surface area (Å²) in [7, 11) is 1.59. The van der Waals surface area contributed by atoms with Gasteiger partial charge in [0.25, 0.3) is 5.91 Å². The second-order valence-electron chi connectivity index (χ2n) is 6.77. The van der Waals surface area contributed by atoms with Crippen molar-refractivity contribution >= 4 is 11.6 Å².